The Morgan fingerprint density at radius 3 is 2.50 bits per heavy atom. The van der Waals surface area contributed by atoms with E-state index in [0.29, 0.717) is 6.04 Å². The molecule has 3 heteroatoms. The van der Waals surface area contributed by atoms with Crippen LogP contribution in [0.5, 0.6) is 0 Å². The molecule has 1 aromatic heterocycles. The molecular formula is C13H21N3. The lowest BCUT2D eigenvalue weighted by molar-refractivity contribution is 0.212. The fourth-order valence-electron chi connectivity index (χ4n) is 2.70. The molecule has 1 aromatic rings. The van der Waals surface area contributed by atoms with E-state index in [-0.39, 0.29) is 0 Å². The first-order valence-corrected chi connectivity index (χ1v) is 6.48. The zero-order valence-corrected chi connectivity index (χ0v) is 10.3. The van der Waals surface area contributed by atoms with Gasteiger partial charge in [-0.2, -0.15) is 5.10 Å². The van der Waals surface area contributed by atoms with Gasteiger partial charge in [-0.3, -0.25) is 4.68 Å². The smallest absolute Gasteiger partial charge is 0.0684 e. The van der Waals surface area contributed by atoms with E-state index < -0.39 is 0 Å². The van der Waals surface area contributed by atoms with Gasteiger partial charge in [-0.05, 0) is 58.3 Å². The maximum Gasteiger partial charge on any atom is 0.0684 e. The summed E-state index contributed by atoms with van der Waals surface area (Å²) in [6.45, 7) is 4.64. The minimum absolute atomic E-state index is 0.641. The molecular weight excluding hydrogens is 198 g/mol. The summed E-state index contributed by atoms with van der Waals surface area (Å²) in [6.07, 6.45) is 7.48. The van der Waals surface area contributed by atoms with Gasteiger partial charge in [0.2, 0.25) is 0 Å². The van der Waals surface area contributed by atoms with E-state index in [4.69, 9.17) is 5.10 Å². The van der Waals surface area contributed by atoms with Crippen molar-refractivity contribution in [3.8, 4) is 0 Å². The summed E-state index contributed by atoms with van der Waals surface area (Å²) in [5.74, 6) is 0.785. The standard InChI is InChI=1S/C13H21N3/c1-10-9-16(14-13(10)11-3-4-11)12-5-7-15(2)8-6-12/h9,11-12H,3-8H2,1-2H3. The Morgan fingerprint density at radius 2 is 1.88 bits per heavy atom. The zero-order valence-electron chi connectivity index (χ0n) is 10.3. The second kappa shape index (κ2) is 3.88. The molecule has 0 spiro atoms. The summed E-state index contributed by atoms with van der Waals surface area (Å²) in [5, 5.41) is 4.82. The Morgan fingerprint density at radius 1 is 1.19 bits per heavy atom. The molecule has 3 rings (SSSR count). The van der Waals surface area contributed by atoms with Crippen molar-refractivity contribution in [2.75, 3.05) is 20.1 Å². The molecule has 88 valence electrons. The number of hydrogen-bond donors (Lipinski definition) is 0. The topological polar surface area (TPSA) is 21.1 Å². The SMILES string of the molecule is Cc1cn(C2CCN(C)CC2)nc1C1CC1. The van der Waals surface area contributed by atoms with E-state index in [2.05, 4.69) is 29.7 Å². The van der Waals surface area contributed by atoms with E-state index in [0.717, 1.165) is 5.92 Å². The van der Waals surface area contributed by atoms with Crippen molar-refractivity contribution < 1.29 is 0 Å². The maximum atomic E-state index is 4.82. The van der Waals surface area contributed by atoms with Crippen molar-refractivity contribution in [3.63, 3.8) is 0 Å². The lowest BCUT2D eigenvalue weighted by Crippen LogP contribution is -2.31. The van der Waals surface area contributed by atoms with Gasteiger partial charge in [0.15, 0.2) is 0 Å². The van der Waals surface area contributed by atoms with Gasteiger partial charge in [0.1, 0.15) is 0 Å². The summed E-state index contributed by atoms with van der Waals surface area (Å²) < 4.78 is 2.25. The van der Waals surface area contributed by atoms with E-state index in [1.54, 1.807) is 0 Å². The van der Waals surface area contributed by atoms with Crippen LogP contribution in [0.15, 0.2) is 6.20 Å². The highest BCUT2D eigenvalue weighted by Gasteiger charge is 2.29. The fourth-order valence-corrected chi connectivity index (χ4v) is 2.70. The summed E-state index contributed by atoms with van der Waals surface area (Å²) in [4.78, 5) is 2.41. The van der Waals surface area contributed by atoms with Crippen molar-refractivity contribution in [2.24, 2.45) is 0 Å². The molecule has 0 radical (unpaired) electrons. The monoisotopic (exact) mass is 219 g/mol. The molecule has 1 aliphatic carbocycles. The number of aryl methyl sites for hydroxylation is 1. The van der Waals surface area contributed by atoms with Gasteiger partial charge in [0.25, 0.3) is 0 Å². The van der Waals surface area contributed by atoms with Crippen LogP contribution in [0.4, 0.5) is 0 Å². The van der Waals surface area contributed by atoms with Crippen molar-refractivity contribution in [1.29, 1.82) is 0 Å². The van der Waals surface area contributed by atoms with Crippen molar-refractivity contribution >= 4 is 0 Å². The molecule has 0 atom stereocenters. The van der Waals surface area contributed by atoms with Crippen LogP contribution in [-0.2, 0) is 0 Å². The Hall–Kier alpha value is -0.830. The van der Waals surface area contributed by atoms with Crippen LogP contribution in [-0.4, -0.2) is 34.8 Å². The molecule has 0 aromatic carbocycles. The van der Waals surface area contributed by atoms with E-state index in [1.165, 1.54) is 50.0 Å². The summed E-state index contributed by atoms with van der Waals surface area (Å²) in [6, 6.07) is 0.641. The molecule has 1 saturated heterocycles. The molecule has 0 bridgehead atoms. The molecule has 2 aliphatic rings. The van der Waals surface area contributed by atoms with Crippen molar-refractivity contribution in [2.45, 2.75) is 44.6 Å². The lowest BCUT2D eigenvalue weighted by Gasteiger charge is -2.29. The molecule has 3 nitrogen and oxygen atoms in total. The van der Waals surface area contributed by atoms with E-state index in [1.807, 2.05) is 0 Å². The zero-order chi connectivity index (χ0) is 11.1. The third-order valence-electron chi connectivity index (χ3n) is 3.98. The highest BCUT2D eigenvalue weighted by molar-refractivity contribution is 5.23. The molecule has 1 aliphatic heterocycles. The van der Waals surface area contributed by atoms with E-state index in [9.17, 15) is 0 Å². The molecule has 16 heavy (non-hydrogen) atoms. The van der Waals surface area contributed by atoms with Gasteiger partial charge in [-0.25, -0.2) is 0 Å². The minimum atomic E-state index is 0.641. The van der Waals surface area contributed by atoms with Crippen LogP contribution in [0, 0.1) is 6.92 Å². The lowest BCUT2D eigenvalue weighted by atomic mass is 10.1. The molecule has 2 fully saturated rings. The fraction of sp³-hybridized carbons (Fsp3) is 0.769. The molecule has 2 heterocycles. The predicted molar refractivity (Wildman–Crippen MR) is 64.7 cm³/mol. The quantitative estimate of drug-likeness (QED) is 0.761. The molecule has 0 unspecified atom stereocenters. The van der Waals surface area contributed by atoms with Gasteiger partial charge in [-0.1, -0.05) is 0 Å². The second-order valence-corrected chi connectivity index (χ2v) is 5.49. The highest BCUT2D eigenvalue weighted by Crippen LogP contribution is 2.41. The Labute approximate surface area is 97.4 Å². The number of aromatic nitrogens is 2. The average molecular weight is 219 g/mol. The first-order chi connectivity index (χ1) is 7.74. The van der Waals surface area contributed by atoms with Crippen LogP contribution in [0.25, 0.3) is 0 Å². The first-order valence-electron chi connectivity index (χ1n) is 6.48. The number of piperidine rings is 1. The average Bonchev–Trinajstić information content (AvgIpc) is 3.04. The summed E-state index contributed by atoms with van der Waals surface area (Å²) in [7, 11) is 2.21. The Balaban J connectivity index is 1.76. The number of nitrogens with zero attached hydrogens (tertiary/aromatic N) is 3. The predicted octanol–water partition coefficient (Wildman–Crippen LogP) is 2.34. The maximum absolute atomic E-state index is 4.82. The first kappa shape index (κ1) is 10.3. The largest absolute Gasteiger partial charge is 0.306 e. The van der Waals surface area contributed by atoms with Crippen molar-refractivity contribution in [1.82, 2.24) is 14.7 Å². The van der Waals surface area contributed by atoms with Crippen LogP contribution >= 0.6 is 0 Å². The Bertz CT molecular complexity index is 371. The van der Waals surface area contributed by atoms with Gasteiger partial charge in [0, 0.05) is 12.1 Å². The van der Waals surface area contributed by atoms with Gasteiger partial charge < -0.3 is 4.90 Å². The normalized spacial score (nSPS) is 23.9. The number of hydrogen-bond acceptors (Lipinski definition) is 2. The van der Waals surface area contributed by atoms with Crippen LogP contribution in [0.3, 0.4) is 0 Å². The number of likely N-dealkylation sites (tertiary alicyclic amines) is 1. The van der Waals surface area contributed by atoms with Crippen LogP contribution in [0.2, 0.25) is 0 Å². The molecule has 0 amide bonds. The third kappa shape index (κ3) is 1.88. The summed E-state index contributed by atoms with van der Waals surface area (Å²) in [5.41, 5.74) is 2.78. The molecule has 0 N–H and O–H groups in total. The second-order valence-electron chi connectivity index (χ2n) is 5.49. The van der Waals surface area contributed by atoms with Crippen LogP contribution in [0.1, 0.15) is 48.9 Å². The van der Waals surface area contributed by atoms with Gasteiger partial charge in [-0.15, -0.1) is 0 Å². The highest BCUT2D eigenvalue weighted by atomic mass is 15.3. The molecule has 1 saturated carbocycles. The van der Waals surface area contributed by atoms with Gasteiger partial charge in [0.05, 0.1) is 11.7 Å². The van der Waals surface area contributed by atoms with Crippen LogP contribution < -0.4 is 0 Å². The minimum Gasteiger partial charge on any atom is -0.306 e. The van der Waals surface area contributed by atoms with Crippen molar-refractivity contribution in [3.05, 3.63) is 17.5 Å². The third-order valence-corrected chi connectivity index (χ3v) is 3.98. The number of rotatable bonds is 2. The Kier molecular flexibility index (Phi) is 2.51. The van der Waals surface area contributed by atoms with Gasteiger partial charge >= 0.3 is 0 Å². The van der Waals surface area contributed by atoms with E-state index >= 15 is 0 Å². The summed E-state index contributed by atoms with van der Waals surface area (Å²) >= 11 is 0.